The van der Waals surface area contributed by atoms with Gasteiger partial charge in [0.25, 0.3) is 0 Å². The fourth-order valence-corrected chi connectivity index (χ4v) is 10.9. The SMILES string of the molecule is CC(C)(C)[C@@]1(C)OC(c2ccccc2)O[C@]23CC[C@@]4(C[C@@H]21)[C@@H]1Cc2ccc(O)c5c2[C@@]4(CCN1CC1CC1)[C@H]3O5. The number of phenolic OH excluding ortho intramolecular Hbond substituents is 1. The van der Waals surface area contributed by atoms with Gasteiger partial charge in [-0.05, 0) is 81.4 Å². The Morgan fingerprint density at radius 3 is 2.55 bits per heavy atom. The summed E-state index contributed by atoms with van der Waals surface area (Å²) < 4.78 is 21.7. The van der Waals surface area contributed by atoms with Crippen molar-refractivity contribution in [3.63, 3.8) is 0 Å². The Bertz CT molecular complexity index is 1400. The molecule has 2 saturated heterocycles. The highest BCUT2D eigenvalue weighted by molar-refractivity contribution is 5.63. The second-order valence-corrected chi connectivity index (χ2v) is 15.5. The first-order valence-electron chi connectivity index (χ1n) is 15.8. The monoisotopic (exact) mass is 541 g/mol. The molecule has 2 aromatic rings. The number of piperidine rings is 1. The van der Waals surface area contributed by atoms with Gasteiger partial charge in [-0.25, -0.2) is 0 Å². The van der Waals surface area contributed by atoms with E-state index in [-0.39, 0.29) is 28.3 Å². The first-order chi connectivity index (χ1) is 19.1. The van der Waals surface area contributed by atoms with Crippen molar-refractivity contribution in [2.45, 2.75) is 108 Å². The van der Waals surface area contributed by atoms with Gasteiger partial charge >= 0.3 is 0 Å². The second-order valence-electron chi connectivity index (χ2n) is 15.5. The lowest BCUT2D eigenvalue weighted by molar-refractivity contribution is -0.423. The summed E-state index contributed by atoms with van der Waals surface area (Å²) in [5.74, 6) is 2.13. The molecule has 0 radical (unpaired) electrons. The van der Waals surface area contributed by atoms with Crippen molar-refractivity contribution >= 4 is 0 Å². The zero-order valence-corrected chi connectivity index (χ0v) is 24.4. The van der Waals surface area contributed by atoms with Crippen molar-refractivity contribution in [2.24, 2.45) is 22.7 Å². The number of aromatic hydroxyl groups is 1. The Morgan fingerprint density at radius 1 is 1.00 bits per heavy atom. The van der Waals surface area contributed by atoms with Crippen molar-refractivity contribution in [2.75, 3.05) is 13.1 Å². The molecule has 3 spiro atoms. The van der Waals surface area contributed by atoms with Crippen molar-refractivity contribution in [3.05, 3.63) is 59.2 Å². The van der Waals surface area contributed by atoms with Gasteiger partial charge in [-0.1, -0.05) is 57.2 Å². The Kier molecular flexibility index (Phi) is 4.57. The zero-order chi connectivity index (χ0) is 27.3. The molecule has 212 valence electrons. The fourth-order valence-electron chi connectivity index (χ4n) is 10.9. The minimum absolute atomic E-state index is 0.0982. The van der Waals surface area contributed by atoms with Gasteiger partial charge in [-0.2, -0.15) is 0 Å². The average molecular weight is 542 g/mol. The lowest BCUT2D eigenvalue weighted by Gasteiger charge is -2.77. The van der Waals surface area contributed by atoms with E-state index < -0.39 is 17.5 Å². The maximum absolute atomic E-state index is 11.2. The minimum atomic E-state index is -0.480. The number of ether oxygens (including phenoxy) is 3. The lowest BCUT2D eigenvalue weighted by Crippen LogP contribution is -2.84. The van der Waals surface area contributed by atoms with Crippen LogP contribution in [-0.4, -0.2) is 46.4 Å². The van der Waals surface area contributed by atoms with Crippen LogP contribution in [0.4, 0.5) is 0 Å². The molecular formula is C35H43NO4. The van der Waals surface area contributed by atoms with E-state index in [1.165, 1.54) is 30.5 Å². The average Bonchev–Trinajstić information content (AvgIpc) is 3.67. The maximum atomic E-state index is 11.2. The highest BCUT2D eigenvalue weighted by atomic mass is 16.7. The summed E-state index contributed by atoms with van der Waals surface area (Å²) in [6.07, 6.45) is 7.61. The van der Waals surface area contributed by atoms with Gasteiger partial charge in [-0.3, -0.25) is 4.90 Å². The standard InChI is InChI=1S/C35H43NO4/c1-31(2,3)32(4)25-19-33-14-15-35(25,40-29(39-32)22-8-6-5-7-9-22)30-34(33)16-17-36(20-21-10-11-21)26(33)18-23-12-13-24(37)28(38-30)27(23)34/h5-9,12-13,21,25-26,29-30,37H,10-11,14-20H2,1-4H3/t25-,26+,29?,30-,32+,33-,34+,35-/m1/s1. The third-order valence-corrected chi connectivity index (χ3v) is 13.2. The van der Waals surface area contributed by atoms with Crippen LogP contribution in [-0.2, 0) is 21.3 Å². The van der Waals surface area contributed by atoms with Crippen LogP contribution in [0, 0.1) is 22.7 Å². The normalized spacial score (nSPS) is 44.6. The van der Waals surface area contributed by atoms with Gasteiger partial charge in [-0.15, -0.1) is 0 Å². The maximum Gasteiger partial charge on any atom is 0.185 e. The first-order valence-corrected chi connectivity index (χ1v) is 15.8. The Labute approximate surface area is 238 Å². The number of nitrogens with zero attached hydrogens (tertiary/aromatic N) is 1. The second kappa shape index (κ2) is 7.46. The van der Waals surface area contributed by atoms with Crippen LogP contribution < -0.4 is 4.74 Å². The van der Waals surface area contributed by atoms with Gasteiger partial charge in [0.2, 0.25) is 0 Å². The summed E-state index contributed by atoms with van der Waals surface area (Å²) >= 11 is 0. The molecule has 1 N–H and O–H groups in total. The van der Waals surface area contributed by atoms with Gasteiger partial charge in [0.05, 0.1) is 5.60 Å². The molecule has 0 amide bonds. The van der Waals surface area contributed by atoms with Crippen LogP contribution in [0.25, 0.3) is 0 Å². The van der Waals surface area contributed by atoms with Crippen LogP contribution in [0.2, 0.25) is 0 Å². The van der Waals surface area contributed by atoms with Gasteiger partial charge in [0.1, 0.15) is 11.7 Å². The zero-order valence-electron chi connectivity index (χ0n) is 24.4. The number of fused-ring (bicyclic) bond motifs is 1. The Morgan fingerprint density at radius 2 is 1.80 bits per heavy atom. The number of hydrogen-bond donors (Lipinski definition) is 1. The van der Waals surface area contributed by atoms with E-state index in [1.54, 1.807) is 0 Å². The summed E-state index contributed by atoms with van der Waals surface area (Å²) in [4.78, 5) is 2.89. The minimum Gasteiger partial charge on any atom is -0.504 e. The Hall–Kier alpha value is -2.08. The molecule has 40 heavy (non-hydrogen) atoms. The van der Waals surface area contributed by atoms with Crippen LogP contribution in [0.15, 0.2) is 42.5 Å². The van der Waals surface area contributed by atoms with Crippen LogP contribution in [0.5, 0.6) is 11.5 Å². The first kappa shape index (κ1) is 24.5. The van der Waals surface area contributed by atoms with E-state index in [2.05, 4.69) is 69.0 Å². The van der Waals surface area contributed by atoms with E-state index in [0.717, 1.165) is 55.9 Å². The van der Waals surface area contributed by atoms with E-state index >= 15 is 0 Å². The Balaban J connectivity index is 1.27. The molecule has 5 nitrogen and oxygen atoms in total. The molecule has 8 aliphatic rings. The number of benzene rings is 2. The molecule has 0 aromatic heterocycles. The smallest absolute Gasteiger partial charge is 0.185 e. The largest absolute Gasteiger partial charge is 0.504 e. The van der Waals surface area contributed by atoms with Crippen molar-refractivity contribution in [1.29, 1.82) is 0 Å². The van der Waals surface area contributed by atoms with Crippen LogP contribution in [0.3, 0.4) is 0 Å². The predicted molar refractivity (Wildman–Crippen MR) is 152 cm³/mol. The lowest BCUT2D eigenvalue weighted by atomic mass is 9.33. The van der Waals surface area contributed by atoms with Crippen molar-refractivity contribution in [1.82, 2.24) is 4.90 Å². The third kappa shape index (κ3) is 2.68. The quantitative estimate of drug-likeness (QED) is 0.479. The number of phenols is 1. The molecule has 8 atom stereocenters. The molecule has 10 rings (SSSR count). The van der Waals surface area contributed by atoms with Gasteiger partial charge in [0, 0.05) is 40.5 Å². The predicted octanol–water partition coefficient (Wildman–Crippen LogP) is 6.52. The molecule has 5 heteroatoms. The molecule has 6 fully saturated rings. The van der Waals surface area contributed by atoms with Crippen molar-refractivity contribution in [3.8, 4) is 11.5 Å². The van der Waals surface area contributed by atoms with E-state index in [1.807, 2.05) is 6.07 Å². The van der Waals surface area contributed by atoms with E-state index in [0.29, 0.717) is 11.8 Å². The highest BCUT2D eigenvalue weighted by Crippen LogP contribution is 2.79. The summed E-state index contributed by atoms with van der Waals surface area (Å²) in [7, 11) is 0. The van der Waals surface area contributed by atoms with Crippen LogP contribution in [0.1, 0.15) is 89.2 Å². The highest BCUT2D eigenvalue weighted by Gasteiger charge is 2.84. The van der Waals surface area contributed by atoms with Gasteiger partial charge < -0.3 is 19.3 Å². The fraction of sp³-hybridized carbons (Fsp3) is 0.657. The molecule has 4 saturated carbocycles. The number of rotatable bonds is 3. The van der Waals surface area contributed by atoms with E-state index in [4.69, 9.17) is 14.2 Å². The summed E-state index contributed by atoms with van der Waals surface area (Å²) in [6.45, 7) is 11.8. The molecular weight excluding hydrogens is 498 g/mol. The van der Waals surface area contributed by atoms with E-state index in [9.17, 15) is 5.11 Å². The molecule has 4 bridgehead atoms. The van der Waals surface area contributed by atoms with Gasteiger partial charge in [0.15, 0.2) is 17.8 Å². The van der Waals surface area contributed by atoms with Crippen LogP contribution >= 0.6 is 0 Å². The summed E-state index contributed by atoms with van der Waals surface area (Å²) in [6, 6.07) is 15.1. The molecule has 3 aliphatic heterocycles. The molecule has 3 heterocycles. The molecule has 1 unspecified atom stereocenters. The molecule has 5 aliphatic carbocycles. The molecule has 2 aromatic carbocycles. The summed E-state index contributed by atoms with van der Waals surface area (Å²) in [5.41, 5.74) is 2.80. The van der Waals surface area contributed by atoms with Crippen molar-refractivity contribution < 1.29 is 19.3 Å². The summed E-state index contributed by atoms with van der Waals surface area (Å²) in [5, 5.41) is 11.2. The third-order valence-electron chi connectivity index (χ3n) is 13.2. The topological polar surface area (TPSA) is 51.2 Å². The number of hydrogen-bond acceptors (Lipinski definition) is 5. The number of likely N-dealkylation sites (tertiary alicyclic amines) is 1.